The minimum atomic E-state index is -0.673. The Bertz CT molecular complexity index is 430. The zero-order valence-electron chi connectivity index (χ0n) is 11.1. The average molecular weight is 251 g/mol. The number of nitrogens with two attached hydrogens (primary N) is 1. The second-order valence-corrected chi connectivity index (χ2v) is 6.09. The standard InChI is InChI=1S/C13H21N3O2/c1-13(14,7-17-2)12-15-11(18-16-12)10-6-8-3-4-9(10)5-8/h8-10H,3-7,14H2,1-2H3. The Hall–Kier alpha value is -0.940. The first kappa shape index (κ1) is 12.1. The number of ether oxygens (including phenoxy) is 1. The Morgan fingerprint density at radius 1 is 1.44 bits per heavy atom. The van der Waals surface area contributed by atoms with Crippen molar-refractivity contribution < 1.29 is 9.26 Å². The summed E-state index contributed by atoms with van der Waals surface area (Å²) >= 11 is 0. The van der Waals surface area contributed by atoms with Gasteiger partial charge in [-0.3, -0.25) is 0 Å². The molecule has 0 amide bonds. The molecule has 5 heteroatoms. The van der Waals surface area contributed by atoms with Gasteiger partial charge >= 0.3 is 0 Å². The number of methoxy groups -OCH3 is 1. The predicted octanol–water partition coefficient (Wildman–Crippen LogP) is 1.79. The molecule has 18 heavy (non-hydrogen) atoms. The van der Waals surface area contributed by atoms with Crippen LogP contribution in [-0.4, -0.2) is 23.9 Å². The van der Waals surface area contributed by atoms with Crippen molar-refractivity contribution >= 4 is 0 Å². The Labute approximate surface area is 107 Å². The summed E-state index contributed by atoms with van der Waals surface area (Å²) in [7, 11) is 1.63. The van der Waals surface area contributed by atoms with Crippen LogP contribution in [0.1, 0.15) is 50.2 Å². The molecule has 1 heterocycles. The summed E-state index contributed by atoms with van der Waals surface area (Å²) in [6, 6.07) is 0. The highest BCUT2D eigenvalue weighted by atomic mass is 16.5. The van der Waals surface area contributed by atoms with Gasteiger partial charge in [-0.1, -0.05) is 11.6 Å². The number of hydrogen-bond acceptors (Lipinski definition) is 5. The molecule has 0 spiro atoms. The maximum Gasteiger partial charge on any atom is 0.230 e. The summed E-state index contributed by atoms with van der Waals surface area (Å²) in [5, 5.41) is 4.04. The third kappa shape index (κ3) is 1.95. The van der Waals surface area contributed by atoms with Crippen molar-refractivity contribution in [2.24, 2.45) is 17.6 Å². The zero-order valence-corrected chi connectivity index (χ0v) is 11.1. The normalized spacial score (nSPS) is 33.8. The highest BCUT2D eigenvalue weighted by Gasteiger charge is 2.43. The minimum Gasteiger partial charge on any atom is -0.382 e. The van der Waals surface area contributed by atoms with Crippen molar-refractivity contribution in [3.8, 4) is 0 Å². The molecule has 1 aromatic heterocycles. The van der Waals surface area contributed by atoms with Crippen LogP contribution in [0.3, 0.4) is 0 Å². The number of hydrogen-bond donors (Lipinski definition) is 1. The van der Waals surface area contributed by atoms with E-state index in [2.05, 4.69) is 10.1 Å². The Morgan fingerprint density at radius 2 is 2.28 bits per heavy atom. The quantitative estimate of drug-likeness (QED) is 0.883. The van der Waals surface area contributed by atoms with Crippen molar-refractivity contribution in [2.45, 2.75) is 44.1 Å². The SMILES string of the molecule is COCC(C)(N)c1noc(C2CC3CCC2C3)n1. The number of rotatable bonds is 4. The van der Waals surface area contributed by atoms with Crippen molar-refractivity contribution in [3.05, 3.63) is 11.7 Å². The molecule has 2 aliphatic rings. The lowest BCUT2D eigenvalue weighted by Gasteiger charge is -2.19. The van der Waals surface area contributed by atoms with Crippen LogP contribution in [0.25, 0.3) is 0 Å². The van der Waals surface area contributed by atoms with Gasteiger partial charge in [0.1, 0.15) is 5.54 Å². The molecule has 2 aliphatic carbocycles. The molecule has 2 N–H and O–H groups in total. The molecule has 0 radical (unpaired) electrons. The predicted molar refractivity (Wildman–Crippen MR) is 65.9 cm³/mol. The van der Waals surface area contributed by atoms with E-state index in [1.54, 1.807) is 7.11 Å². The highest BCUT2D eigenvalue weighted by molar-refractivity contribution is 5.08. The first-order valence-electron chi connectivity index (χ1n) is 6.72. The number of fused-ring (bicyclic) bond motifs is 2. The van der Waals surface area contributed by atoms with Crippen LogP contribution >= 0.6 is 0 Å². The average Bonchev–Trinajstić information content (AvgIpc) is 3.04. The zero-order chi connectivity index (χ0) is 12.8. The number of nitrogens with zero attached hydrogens (tertiary/aromatic N) is 2. The Kier molecular flexibility index (Phi) is 2.90. The van der Waals surface area contributed by atoms with E-state index in [0.717, 1.165) is 17.7 Å². The maximum absolute atomic E-state index is 6.13. The molecule has 2 bridgehead atoms. The van der Waals surface area contributed by atoms with Gasteiger partial charge in [-0.25, -0.2) is 0 Å². The number of aromatic nitrogens is 2. The molecule has 1 aromatic rings. The second kappa shape index (κ2) is 4.31. The molecule has 0 aromatic carbocycles. The van der Waals surface area contributed by atoms with E-state index < -0.39 is 5.54 Å². The van der Waals surface area contributed by atoms with E-state index in [0.29, 0.717) is 18.3 Å². The van der Waals surface area contributed by atoms with Crippen molar-refractivity contribution in [1.29, 1.82) is 0 Å². The highest BCUT2D eigenvalue weighted by Crippen LogP contribution is 2.52. The van der Waals surface area contributed by atoms with Crippen LogP contribution in [0.4, 0.5) is 0 Å². The summed E-state index contributed by atoms with van der Waals surface area (Å²) in [5.41, 5.74) is 5.45. The van der Waals surface area contributed by atoms with E-state index in [1.807, 2.05) is 6.92 Å². The third-order valence-electron chi connectivity index (χ3n) is 4.45. The van der Waals surface area contributed by atoms with Crippen molar-refractivity contribution in [2.75, 3.05) is 13.7 Å². The molecule has 0 saturated heterocycles. The summed E-state index contributed by atoms with van der Waals surface area (Å²) in [6.45, 7) is 2.26. The molecular weight excluding hydrogens is 230 g/mol. The smallest absolute Gasteiger partial charge is 0.230 e. The van der Waals surface area contributed by atoms with Crippen molar-refractivity contribution in [3.63, 3.8) is 0 Å². The van der Waals surface area contributed by atoms with Crippen LogP contribution < -0.4 is 5.73 Å². The van der Waals surface area contributed by atoms with E-state index >= 15 is 0 Å². The molecule has 5 nitrogen and oxygen atoms in total. The van der Waals surface area contributed by atoms with Crippen molar-refractivity contribution in [1.82, 2.24) is 10.1 Å². The van der Waals surface area contributed by atoms with Gasteiger partial charge in [-0.05, 0) is 38.0 Å². The molecule has 2 fully saturated rings. The lowest BCUT2D eigenvalue weighted by Crippen LogP contribution is -2.39. The lowest BCUT2D eigenvalue weighted by molar-refractivity contribution is 0.135. The monoisotopic (exact) mass is 251 g/mol. The fourth-order valence-corrected chi connectivity index (χ4v) is 3.53. The van der Waals surface area contributed by atoms with Crippen LogP contribution in [-0.2, 0) is 10.3 Å². The third-order valence-corrected chi connectivity index (χ3v) is 4.45. The van der Waals surface area contributed by atoms with E-state index in [4.69, 9.17) is 15.0 Å². The van der Waals surface area contributed by atoms with E-state index in [9.17, 15) is 0 Å². The van der Waals surface area contributed by atoms with Gasteiger partial charge in [0.25, 0.3) is 0 Å². The van der Waals surface area contributed by atoms with E-state index in [-0.39, 0.29) is 0 Å². The van der Waals surface area contributed by atoms with Crippen LogP contribution in [0, 0.1) is 11.8 Å². The fourth-order valence-electron chi connectivity index (χ4n) is 3.53. The van der Waals surface area contributed by atoms with Crippen LogP contribution in [0.15, 0.2) is 4.52 Å². The molecule has 4 unspecified atom stereocenters. The molecular formula is C13H21N3O2. The van der Waals surface area contributed by atoms with E-state index in [1.165, 1.54) is 25.7 Å². The molecule has 4 atom stereocenters. The topological polar surface area (TPSA) is 74.2 Å². The van der Waals surface area contributed by atoms with Gasteiger partial charge in [0, 0.05) is 13.0 Å². The Balaban J connectivity index is 1.77. The first-order valence-corrected chi connectivity index (χ1v) is 6.72. The van der Waals surface area contributed by atoms with Gasteiger partial charge in [-0.2, -0.15) is 4.98 Å². The van der Waals surface area contributed by atoms with Gasteiger partial charge in [0.05, 0.1) is 6.61 Å². The Morgan fingerprint density at radius 3 is 2.89 bits per heavy atom. The molecule has 3 rings (SSSR count). The first-order chi connectivity index (χ1) is 8.60. The van der Waals surface area contributed by atoms with Gasteiger partial charge in [0.2, 0.25) is 5.89 Å². The van der Waals surface area contributed by atoms with Crippen LogP contribution in [0.2, 0.25) is 0 Å². The maximum atomic E-state index is 6.13. The second-order valence-electron chi connectivity index (χ2n) is 6.09. The largest absolute Gasteiger partial charge is 0.382 e. The fraction of sp³-hybridized carbons (Fsp3) is 0.846. The van der Waals surface area contributed by atoms with Crippen LogP contribution in [0.5, 0.6) is 0 Å². The van der Waals surface area contributed by atoms with Gasteiger partial charge in [0.15, 0.2) is 5.82 Å². The summed E-state index contributed by atoms with van der Waals surface area (Å²) in [5.74, 6) is 3.42. The summed E-state index contributed by atoms with van der Waals surface area (Å²) in [4.78, 5) is 4.52. The minimum absolute atomic E-state index is 0.392. The lowest BCUT2D eigenvalue weighted by atomic mass is 9.89. The summed E-state index contributed by atoms with van der Waals surface area (Å²) in [6.07, 6.45) is 5.23. The molecule has 100 valence electrons. The summed E-state index contributed by atoms with van der Waals surface area (Å²) < 4.78 is 10.5. The molecule has 0 aliphatic heterocycles. The van der Waals surface area contributed by atoms with Gasteiger partial charge < -0.3 is 15.0 Å². The molecule has 2 saturated carbocycles. The van der Waals surface area contributed by atoms with Gasteiger partial charge in [-0.15, -0.1) is 0 Å².